The van der Waals surface area contributed by atoms with Gasteiger partial charge in [0.25, 0.3) is 0 Å². The highest BCUT2D eigenvalue weighted by molar-refractivity contribution is 5.71. The Bertz CT molecular complexity index is 1550. The molecular formula is C68H112O6. The van der Waals surface area contributed by atoms with Crippen molar-refractivity contribution in [1.29, 1.82) is 0 Å². The van der Waals surface area contributed by atoms with Crippen LogP contribution in [0.2, 0.25) is 0 Å². The van der Waals surface area contributed by atoms with Gasteiger partial charge < -0.3 is 14.2 Å². The number of carbonyl (C=O) groups excluding carboxylic acids is 3. The highest BCUT2D eigenvalue weighted by atomic mass is 16.6. The second kappa shape index (κ2) is 61.4. The average Bonchev–Trinajstić information content (AvgIpc) is 3.40. The van der Waals surface area contributed by atoms with Crippen molar-refractivity contribution in [2.75, 3.05) is 13.2 Å². The van der Waals surface area contributed by atoms with E-state index in [-0.39, 0.29) is 37.5 Å². The van der Waals surface area contributed by atoms with E-state index in [9.17, 15) is 14.4 Å². The van der Waals surface area contributed by atoms with Gasteiger partial charge in [-0.05, 0) is 83.5 Å². The van der Waals surface area contributed by atoms with E-state index in [0.29, 0.717) is 19.3 Å². The fourth-order valence-corrected chi connectivity index (χ4v) is 8.25. The molecule has 0 bridgehead atoms. The van der Waals surface area contributed by atoms with E-state index >= 15 is 0 Å². The van der Waals surface area contributed by atoms with Crippen molar-refractivity contribution in [3.63, 3.8) is 0 Å². The number of hydrogen-bond acceptors (Lipinski definition) is 6. The van der Waals surface area contributed by atoms with Crippen LogP contribution in [0.3, 0.4) is 0 Å². The first kappa shape index (κ1) is 69.8. The second-order valence-corrected chi connectivity index (χ2v) is 20.0. The van der Waals surface area contributed by atoms with Gasteiger partial charge in [0.2, 0.25) is 0 Å². The Morgan fingerprint density at radius 1 is 0.297 bits per heavy atom. The van der Waals surface area contributed by atoms with Gasteiger partial charge in [-0.1, -0.05) is 290 Å². The average molecular weight is 1030 g/mol. The van der Waals surface area contributed by atoms with E-state index < -0.39 is 6.10 Å². The molecule has 0 aromatic carbocycles. The number of unbranched alkanes of at least 4 members (excludes halogenated alkanes) is 26. The van der Waals surface area contributed by atoms with Gasteiger partial charge in [-0.15, -0.1) is 0 Å². The maximum atomic E-state index is 12.9. The molecule has 1 atom stereocenters. The molecule has 0 N–H and O–H groups in total. The van der Waals surface area contributed by atoms with Crippen LogP contribution in [0.25, 0.3) is 0 Å². The Hall–Kier alpha value is -4.19. The normalized spacial score (nSPS) is 13.0. The highest BCUT2D eigenvalue weighted by Gasteiger charge is 2.19. The lowest BCUT2D eigenvalue weighted by Gasteiger charge is -2.18. The maximum absolute atomic E-state index is 12.9. The van der Waals surface area contributed by atoms with Crippen LogP contribution in [0.15, 0.2) is 122 Å². The van der Waals surface area contributed by atoms with Gasteiger partial charge in [-0.25, -0.2) is 0 Å². The molecule has 0 heterocycles. The summed E-state index contributed by atoms with van der Waals surface area (Å²) in [6, 6.07) is 0. The van der Waals surface area contributed by atoms with Crippen molar-refractivity contribution in [3.8, 4) is 0 Å². The molecule has 420 valence electrons. The van der Waals surface area contributed by atoms with Crippen molar-refractivity contribution >= 4 is 17.9 Å². The van der Waals surface area contributed by atoms with Crippen molar-refractivity contribution in [2.45, 2.75) is 277 Å². The predicted octanol–water partition coefficient (Wildman–Crippen LogP) is 20.8. The molecule has 0 aliphatic carbocycles. The Kier molecular flexibility index (Phi) is 57.9. The lowest BCUT2D eigenvalue weighted by atomic mass is 10.0. The van der Waals surface area contributed by atoms with Crippen LogP contribution in [-0.4, -0.2) is 37.2 Å². The molecule has 0 saturated heterocycles. The van der Waals surface area contributed by atoms with Gasteiger partial charge in [0.15, 0.2) is 6.10 Å². The number of allylic oxidation sites excluding steroid dienone is 20. The third kappa shape index (κ3) is 58.7. The minimum atomic E-state index is -0.822. The monoisotopic (exact) mass is 1020 g/mol. The second-order valence-electron chi connectivity index (χ2n) is 20.0. The molecule has 0 aromatic heterocycles. The van der Waals surface area contributed by atoms with Crippen LogP contribution in [-0.2, 0) is 28.6 Å². The molecule has 0 aliphatic heterocycles. The number of hydrogen-bond donors (Lipinski definition) is 0. The number of carbonyl (C=O) groups is 3. The lowest BCUT2D eigenvalue weighted by molar-refractivity contribution is -0.166. The van der Waals surface area contributed by atoms with Gasteiger partial charge in [-0.2, -0.15) is 0 Å². The Morgan fingerprint density at radius 2 is 0.608 bits per heavy atom. The first-order valence-electron chi connectivity index (χ1n) is 30.6. The summed E-state index contributed by atoms with van der Waals surface area (Å²) in [5.74, 6) is -1.02. The molecule has 0 spiro atoms. The van der Waals surface area contributed by atoms with Crippen LogP contribution in [0.1, 0.15) is 271 Å². The number of ether oxygens (including phenoxy) is 3. The summed E-state index contributed by atoms with van der Waals surface area (Å²) in [5, 5.41) is 0. The van der Waals surface area contributed by atoms with E-state index in [1.54, 1.807) is 0 Å². The van der Waals surface area contributed by atoms with Gasteiger partial charge in [0.1, 0.15) is 13.2 Å². The van der Waals surface area contributed by atoms with Crippen molar-refractivity contribution in [3.05, 3.63) is 122 Å². The molecule has 1 unspecified atom stereocenters. The Labute approximate surface area is 456 Å². The zero-order chi connectivity index (χ0) is 53.6. The summed E-state index contributed by atoms with van der Waals surface area (Å²) in [6.45, 7) is 6.42. The summed E-state index contributed by atoms with van der Waals surface area (Å²) in [7, 11) is 0. The van der Waals surface area contributed by atoms with Gasteiger partial charge in [-0.3, -0.25) is 14.4 Å². The smallest absolute Gasteiger partial charge is 0.306 e. The quantitative estimate of drug-likeness (QED) is 0.0199. The SMILES string of the molecule is CC/C=C\C/C=C\C/C=C\C/C=C\C/C=C\C/C=C\CCC(=O)OCC(COC(=O)CCCCCCC\C=C/C=C\C=C/C=C\CCCCC)OC(=O)CCCCCCCCCCCCCCCCCCCCC. The zero-order valence-electron chi connectivity index (χ0n) is 48.1. The summed E-state index contributed by atoms with van der Waals surface area (Å²) >= 11 is 0. The Balaban J connectivity index is 4.54. The molecule has 0 aromatic rings. The zero-order valence-corrected chi connectivity index (χ0v) is 48.1. The van der Waals surface area contributed by atoms with Crippen molar-refractivity contribution in [2.24, 2.45) is 0 Å². The van der Waals surface area contributed by atoms with Crippen LogP contribution in [0.5, 0.6) is 0 Å². The molecule has 0 amide bonds. The molecule has 0 saturated carbocycles. The third-order valence-electron chi connectivity index (χ3n) is 12.8. The Morgan fingerprint density at radius 3 is 1.03 bits per heavy atom. The maximum Gasteiger partial charge on any atom is 0.306 e. The molecule has 0 rings (SSSR count). The molecular weight excluding hydrogens is 913 g/mol. The van der Waals surface area contributed by atoms with Gasteiger partial charge in [0.05, 0.1) is 0 Å². The molecule has 0 aliphatic rings. The predicted molar refractivity (Wildman–Crippen MR) is 320 cm³/mol. The lowest BCUT2D eigenvalue weighted by Crippen LogP contribution is -2.30. The first-order valence-corrected chi connectivity index (χ1v) is 30.6. The van der Waals surface area contributed by atoms with E-state index in [1.807, 2.05) is 6.08 Å². The first-order chi connectivity index (χ1) is 36.5. The van der Waals surface area contributed by atoms with E-state index in [4.69, 9.17) is 14.2 Å². The minimum absolute atomic E-state index is 0.115. The summed E-state index contributed by atoms with van der Waals surface area (Å²) < 4.78 is 16.8. The molecule has 6 nitrogen and oxygen atoms in total. The molecule has 74 heavy (non-hydrogen) atoms. The minimum Gasteiger partial charge on any atom is -0.462 e. The van der Waals surface area contributed by atoms with E-state index in [2.05, 4.69) is 136 Å². The van der Waals surface area contributed by atoms with Crippen LogP contribution < -0.4 is 0 Å². The van der Waals surface area contributed by atoms with Crippen molar-refractivity contribution < 1.29 is 28.6 Å². The molecule has 0 radical (unpaired) electrons. The highest BCUT2D eigenvalue weighted by Crippen LogP contribution is 2.16. The molecule has 0 fully saturated rings. The van der Waals surface area contributed by atoms with E-state index in [0.717, 1.165) is 103 Å². The van der Waals surface area contributed by atoms with Crippen molar-refractivity contribution in [1.82, 2.24) is 0 Å². The van der Waals surface area contributed by atoms with Crippen LogP contribution >= 0.6 is 0 Å². The van der Waals surface area contributed by atoms with E-state index in [1.165, 1.54) is 122 Å². The van der Waals surface area contributed by atoms with Gasteiger partial charge in [0, 0.05) is 19.3 Å². The number of rotatable bonds is 54. The molecule has 6 heteroatoms. The third-order valence-corrected chi connectivity index (χ3v) is 12.8. The standard InChI is InChI=1S/C68H112O6/c1-4-7-10-13-16-19-22-25-28-31-34-37-40-43-46-49-52-55-58-61-67(70)73-64-65(63-72-66(69)60-57-54-51-48-45-42-39-36-33-30-27-24-21-18-15-12-9-6-3)74-68(71)62-59-56-53-50-47-44-41-38-35-32-29-26-23-20-17-14-11-8-5-2/h7,10,16,18-19,21,24-25,27-28,30,33-34,36-37,39,43,46,52,55,65H,4-6,8-9,11-15,17,20,22-23,26,29,31-32,35,38,40-42,44-45,47-51,53-54,56-64H2,1-3H3/b10-7-,19-16-,21-18-,27-24-,28-25-,33-30-,37-34-,39-36-,46-43-,55-52-. The fraction of sp³-hybridized carbons (Fsp3) is 0.662. The van der Waals surface area contributed by atoms with Crippen LogP contribution in [0.4, 0.5) is 0 Å². The largest absolute Gasteiger partial charge is 0.462 e. The summed E-state index contributed by atoms with van der Waals surface area (Å²) in [6.07, 6.45) is 84.9. The fourth-order valence-electron chi connectivity index (χ4n) is 8.25. The number of esters is 3. The van der Waals surface area contributed by atoms with Gasteiger partial charge >= 0.3 is 17.9 Å². The topological polar surface area (TPSA) is 78.9 Å². The van der Waals surface area contributed by atoms with Crippen LogP contribution in [0, 0.1) is 0 Å². The summed E-state index contributed by atoms with van der Waals surface area (Å²) in [5.41, 5.74) is 0. The summed E-state index contributed by atoms with van der Waals surface area (Å²) in [4.78, 5) is 38.2.